The number of ether oxygens (including phenoxy) is 1. The van der Waals surface area contributed by atoms with Gasteiger partial charge >= 0.3 is 0 Å². The standard InChI is InChI=1S/C21H20N2O2/c1-15-13-18(16-5-3-2-4-6-16)19-14-17(7-8-20(19)22-15)21(24)23-9-11-25-12-10-23/h2-8,13-14H,9-12H2,1H3. The molecule has 0 bridgehead atoms. The molecule has 0 spiro atoms. The molecule has 25 heavy (non-hydrogen) atoms. The first kappa shape index (κ1) is 15.8. The zero-order chi connectivity index (χ0) is 17.2. The summed E-state index contributed by atoms with van der Waals surface area (Å²) in [5.74, 6) is 0.0600. The summed E-state index contributed by atoms with van der Waals surface area (Å²) < 4.78 is 5.34. The Morgan fingerprint density at radius 2 is 1.80 bits per heavy atom. The van der Waals surface area contributed by atoms with Crippen molar-refractivity contribution in [3.63, 3.8) is 0 Å². The summed E-state index contributed by atoms with van der Waals surface area (Å²) in [6, 6.07) is 18.1. The van der Waals surface area contributed by atoms with Crippen molar-refractivity contribution in [1.29, 1.82) is 0 Å². The van der Waals surface area contributed by atoms with Crippen molar-refractivity contribution in [3.05, 3.63) is 65.9 Å². The SMILES string of the molecule is Cc1cc(-c2ccccc2)c2cc(C(=O)N3CCOCC3)ccc2n1. The van der Waals surface area contributed by atoms with Gasteiger partial charge in [0.05, 0.1) is 18.7 Å². The molecule has 4 heteroatoms. The van der Waals surface area contributed by atoms with Gasteiger partial charge in [0, 0.05) is 29.7 Å². The average Bonchev–Trinajstić information content (AvgIpc) is 2.68. The number of carbonyl (C=O) groups is 1. The quantitative estimate of drug-likeness (QED) is 0.719. The number of benzene rings is 2. The molecular formula is C21H20N2O2. The second-order valence-corrected chi connectivity index (χ2v) is 6.31. The van der Waals surface area contributed by atoms with E-state index >= 15 is 0 Å². The summed E-state index contributed by atoms with van der Waals surface area (Å²) in [5.41, 5.74) is 4.84. The van der Waals surface area contributed by atoms with Gasteiger partial charge < -0.3 is 9.64 Å². The summed E-state index contributed by atoms with van der Waals surface area (Å²) in [7, 11) is 0. The largest absolute Gasteiger partial charge is 0.378 e. The Morgan fingerprint density at radius 1 is 1.04 bits per heavy atom. The van der Waals surface area contributed by atoms with E-state index in [1.807, 2.05) is 48.2 Å². The number of carbonyl (C=O) groups excluding carboxylic acids is 1. The Morgan fingerprint density at radius 3 is 2.56 bits per heavy atom. The van der Waals surface area contributed by atoms with Crippen molar-refractivity contribution in [2.24, 2.45) is 0 Å². The Kier molecular flexibility index (Phi) is 4.20. The molecule has 1 saturated heterocycles. The van der Waals surface area contributed by atoms with Crippen LogP contribution < -0.4 is 0 Å². The lowest BCUT2D eigenvalue weighted by molar-refractivity contribution is 0.0303. The van der Waals surface area contributed by atoms with Crippen LogP contribution in [0.5, 0.6) is 0 Å². The highest BCUT2D eigenvalue weighted by Gasteiger charge is 2.19. The first-order valence-electron chi connectivity index (χ1n) is 8.56. The Balaban J connectivity index is 1.81. The van der Waals surface area contributed by atoms with Crippen LogP contribution in [-0.4, -0.2) is 42.1 Å². The second kappa shape index (κ2) is 6.65. The maximum Gasteiger partial charge on any atom is 0.254 e. The first-order valence-corrected chi connectivity index (χ1v) is 8.56. The fraction of sp³-hybridized carbons (Fsp3) is 0.238. The summed E-state index contributed by atoms with van der Waals surface area (Å²) in [4.78, 5) is 19.3. The predicted octanol–water partition coefficient (Wildman–Crippen LogP) is 3.68. The molecule has 0 aliphatic carbocycles. The van der Waals surface area contributed by atoms with Gasteiger partial charge in [0.15, 0.2) is 0 Å². The van der Waals surface area contributed by atoms with Crippen molar-refractivity contribution in [3.8, 4) is 11.1 Å². The molecule has 126 valence electrons. The Bertz CT molecular complexity index is 916. The summed E-state index contributed by atoms with van der Waals surface area (Å²) >= 11 is 0. The van der Waals surface area contributed by atoms with Crippen molar-refractivity contribution in [2.75, 3.05) is 26.3 Å². The lowest BCUT2D eigenvalue weighted by Crippen LogP contribution is -2.40. The van der Waals surface area contributed by atoms with Gasteiger partial charge in [-0.15, -0.1) is 0 Å². The molecule has 0 saturated carbocycles. The number of amides is 1. The summed E-state index contributed by atoms with van der Waals surface area (Å²) in [5, 5.41) is 1.01. The monoisotopic (exact) mass is 332 g/mol. The number of aromatic nitrogens is 1. The number of nitrogens with zero attached hydrogens (tertiary/aromatic N) is 2. The van der Waals surface area contributed by atoms with E-state index in [4.69, 9.17) is 4.74 Å². The van der Waals surface area contributed by atoms with Gasteiger partial charge in [0.1, 0.15) is 0 Å². The van der Waals surface area contributed by atoms with Gasteiger partial charge in [-0.2, -0.15) is 0 Å². The van der Waals surface area contributed by atoms with Crippen molar-refractivity contribution < 1.29 is 9.53 Å². The van der Waals surface area contributed by atoms with E-state index in [9.17, 15) is 4.79 Å². The number of aryl methyl sites for hydroxylation is 1. The van der Waals surface area contributed by atoms with E-state index in [2.05, 4.69) is 23.2 Å². The van der Waals surface area contributed by atoms with Crippen LogP contribution in [0.4, 0.5) is 0 Å². The fourth-order valence-electron chi connectivity index (χ4n) is 3.30. The minimum absolute atomic E-state index is 0.0600. The van der Waals surface area contributed by atoms with E-state index in [1.54, 1.807) is 0 Å². The Labute approximate surface area is 147 Å². The zero-order valence-electron chi connectivity index (χ0n) is 14.2. The van der Waals surface area contributed by atoms with Crippen molar-refractivity contribution in [2.45, 2.75) is 6.92 Å². The molecule has 1 aliphatic heterocycles. The lowest BCUT2D eigenvalue weighted by Gasteiger charge is -2.27. The van der Waals surface area contributed by atoms with E-state index in [0.717, 1.165) is 27.7 Å². The smallest absolute Gasteiger partial charge is 0.254 e. The van der Waals surface area contributed by atoms with Crippen LogP contribution in [-0.2, 0) is 4.74 Å². The number of pyridine rings is 1. The van der Waals surface area contributed by atoms with Crippen molar-refractivity contribution in [1.82, 2.24) is 9.88 Å². The fourth-order valence-corrected chi connectivity index (χ4v) is 3.30. The molecule has 3 aromatic rings. The molecular weight excluding hydrogens is 312 g/mol. The van der Waals surface area contributed by atoms with Crippen LogP contribution >= 0.6 is 0 Å². The molecule has 0 N–H and O–H groups in total. The van der Waals surface area contributed by atoms with Gasteiger partial charge in [-0.1, -0.05) is 30.3 Å². The molecule has 0 radical (unpaired) electrons. The number of rotatable bonds is 2. The van der Waals surface area contributed by atoms with Crippen LogP contribution in [0.2, 0.25) is 0 Å². The highest BCUT2D eigenvalue weighted by atomic mass is 16.5. The minimum atomic E-state index is 0.0600. The van der Waals surface area contributed by atoms with E-state index in [-0.39, 0.29) is 5.91 Å². The molecule has 1 fully saturated rings. The normalized spacial score (nSPS) is 14.7. The van der Waals surface area contributed by atoms with E-state index in [1.165, 1.54) is 0 Å². The van der Waals surface area contributed by atoms with Gasteiger partial charge in [-0.3, -0.25) is 9.78 Å². The Hall–Kier alpha value is -2.72. The third-order valence-corrected chi connectivity index (χ3v) is 4.57. The molecule has 0 atom stereocenters. The maximum atomic E-state index is 12.8. The third-order valence-electron chi connectivity index (χ3n) is 4.57. The second-order valence-electron chi connectivity index (χ2n) is 6.31. The van der Waals surface area contributed by atoms with Gasteiger partial charge in [0.25, 0.3) is 5.91 Å². The van der Waals surface area contributed by atoms with Gasteiger partial charge in [0.2, 0.25) is 0 Å². The number of morpholine rings is 1. The van der Waals surface area contributed by atoms with E-state index < -0.39 is 0 Å². The van der Waals surface area contributed by atoms with Gasteiger partial charge in [-0.05, 0) is 42.3 Å². The molecule has 4 nitrogen and oxygen atoms in total. The highest BCUT2D eigenvalue weighted by molar-refractivity contribution is 6.02. The van der Waals surface area contributed by atoms with Crippen LogP contribution in [0.15, 0.2) is 54.6 Å². The minimum Gasteiger partial charge on any atom is -0.378 e. The van der Waals surface area contributed by atoms with Crippen LogP contribution in [0.25, 0.3) is 22.0 Å². The van der Waals surface area contributed by atoms with Crippen LogP contribution in [0.1, 0.15) is 16.1 Å². The lowest BCUT2D eigenvalue weighted by atomic mass is 9.98. The number of fused-ring (bicyclic) bond motifs is 1. The zero-order valence-corrected chi connectivity index (χ0v) is 14.2. The molecule has 1 aromatic heterocycles. The predicted molar refractivity (Wildman–Crippen MR) is 98.6 cm³/mol. The molecule has 2 heterocycles. The summed E-state index contributed by atoms with van der Waals surface area (Å²) in [6.45, 7) is 4.51. The topological polar surface area (TPSA) is 42.4 Å². The molecule has 0 unspecified atom stereocenters. The van der Waals surface area contributed by atoms with Gasteiger partial charge in [-0.25, -0.2) is 0 Å². The van der Waals surface area contributed by atoms with E-state index in [0.29, 0.717) is 31.9 Å². The third kappa shape index (κ3) is 3.13. The molecule has 2 aromatic carbocycles. The summed E-state index contributed by atoms with van der Waals surface area (Å²) in [6.07, 6.45) is 0. The van der Waals surface area contributed by atoms with Crippen molar-refractivity contribution >= 4 is 16.8 Å². The molecule has 4 rings (SSSR count). The number of hydrogen-bond donors (Lipinski definition) is 0. The average molecular weight is 332 g/mol. The molecule has 1 aliphatic rings. The van der Waals surface area contributed by atoms with Crippen LogP contribution in [0.3, 0.4) is 0 Å². The molecule has 1 amide bonds. The first-order chi connectivity index (χ1) is 12.2. The number of hydrogen-bond acceptors (Lipinski definition) is 3. The maximum absolute atomic E-state index is 12.8. The highest BCUT2D eigenvalue weighted by Crippen LogP contribution is 2.29. The van der Waals surface area contributed by atoms with Crippen LogP contribution in [0, 0.1) is 6.92 Å².